The van der Waals surface area contributed by atoms with Gasteiger partial charge in [-0.2, -0.15) is 0 Å². The Morgan fingerprint density at radius 3 is 2.68 bits per heavy atom. The molecule has 2 aromatic rings. The number of halogens is 1. The van der Waals surface area contributed by atoms with Gasteiger partial charge in [-0.3, -0.25) is 9.59 Å². The molecule has 2 fully saturated rings. The molecule has 0 bridgehead atoms. The lowest BCUT2D eigenvalue weighted by atomic mass is 10.0. The van der Waals surface area contributed by atoms with Crippen molar-refractivity contribution in [1.29, 1.82) is 0 Å². The molecule has 6 heteroatoms. The van der Waals surface area contributed by atoms with E-state index in [4.69, 9.17) is 16.3 Å². The summed E-state index contributed by atoms with van der Waals surface area (Å²) in [5.74, 6) is 0.528. The summed E-state index contributed by atoms with van der Waals surface area (Å²) in [6, 6.07) is 15.2. The highest BCUT2D eigenvalue weighted by Crippen LogP contribution is 2.36. The molecule has 0 radical (unpaired) electrons. The summed E-state index contributed by atoms with van der Waals surface area (Å²) in [4.78, 5) is 29.4. The summed E-state index contributed by atoms with van der Waals surface area (Å²) in [6.07, 6.45) is 2.16. The minimum absolute atomic E-state index is 0.0270. The van der Waals surface area contributed by atoms with Crippen LogP contribution in [0.25, 0.3) is 0 Å². The van der Waals surface area contributed by atoms with Crippen molar-refractivity contribution >= 4 is 29.1 Å². The number of benzene rings is 2. The molecule has 2 aliphatic rings. The van der Waals surface area contributed by atoms with Crippen LogP contribution in [0.2, 0.25) is 5.02 Å². The molecule has 2 unspecified atom stereocenters. The van der Waals surface area contributed by atoms with Crippen molar-refractivity contribution in [3.63, 3.8) is 0 Å². The lowest BCUT2D eigenvalue weighted by molar-refractivity contribution is -0.136. The smallest absolute Gasteiger partial charge is 0.228 e. The van der Waals surface area contributed by atoms with E-state index in [1.54, 1.807) is 24.1 Å². The molecule has 2 heterocycles. The number of hydrogen-bond donors (Lipinski definition) is 0. The van der Waals surface area contributed by atoms with Crippen LogP contribution in [0.5, 0.6) is 5.75 Å². The zero-order valence-electron chi connectivity index (χ0n) is 15.8. The van der Waals surface area contributed by atoms with E-state index in [9.17, 15) is 9.59 Å². The first-order valence-electron chi connectivity index (χ1n) is 9.57. The van der Waals surface area contributed by atoms with Gasteiger partial charge in [-0.1, -0.05) is 29.8 Å². The Bertz CT molecular complexity index is 884. The van der Waals surface area contributed by atoms with E-state index in [1.165, 1.54) is 0 Å². The molecule has 2 aromatic carbocycles. The molecule has 2 aliphatic heterocycles. The second-order valence-corrected chi connectivity index (χ2v) is 7.78. The third kappa shape index (κ3) is 3.59. The topological polar surface area (TPSA) is 49.9 Å². The van der Waals surface area contributed by atoms with E-state index in [2.05, 4.69) is 0 Å². The van der Waals surface area contributed by atoms with Gasteiger partial charge in [0.05, 0.1) is 19.1 Å². The maximum Gasteiger partial charge on any atom is 0.228 e. The van der Waals surface area contributed by atoms with E-state index >= 15 is 0 Å². The predicted molar refractivity (Wildman–Crippen MR) is 109 cm³/mol. The number of rotatable bonds is 4. The van der Waals surface area contributed by atoms with Gasteiger partial charge in [0.1, 0.15) is 5.75 Å². The van der Waals surface area contributed by atoms with Crippen LogP contribution in [0.1, 0.15) is 30.9 Å². The zero-order chi connectivity index (χ0) is 19.7. The predicted octanol–water partition coefficient (Wildman–Crippen LogP) is 4.07. The van der Waals surface area contributed by atoms with Gasteiger partial charge < -0.3 is 14.5 Å². The van der Waals surface area contributed by atoms with Gasteiger partial charge in [0.2, 0.25) is 11.8 Å². The molecule has 0 aromatic heterocycles. The number of carbonyl (C=O) groups excluding carboxylic acids is 2. The molecule has 0 N–H and O–H groups in total. The monoisotopic (exact) mass is 398 g/mol. The Hall–Kier alpha value is -2.53. The van der Waals surface area contributed by atoms with Crippen molar-refractivity contribution in [2.45, 2.75) is 25.3 Å². The second-order valence-electron chi connectivity index (χ2n) is 7.35. The highest BCUT2D eigenvalue weighted by Gasteiger charge is 2.40. The van der Waals surface area contributed by atoms with Crippen molar-refractivity contribution in [1.82, 2.24) is 4.90 Å². The molecule has 0 saturated carbocycles. The Morgan fingerprint density at radius 2 is 1.96 bits per heavy atom. The highest BCUT2D eigenvalue weighted by molar-refractivity contribution is 6.31. The quantitative estimate of drug-likeness (QED) is 0.780. The van der Waals surface area contributed by atoms with Crippen molar-refractivity contribution in [2.75, 3.05) is 25.1 Å². The molecule has 5 nitrogen and oxygen atoms in total. The average molecular weight is 399 g/mol. The van der Waals surface area contributed by atoms with E-state index < -0.39 is 0 Å². The standard InChI is InChI=1S/C22H23ClN2O3/c1-28-19-9-7-15(8-10-19)20-6-3-11-24(20)22(27)16-12-21(26)25(14-16)18-5-2-4-17(23)13-18/h2,4-5,7-10,13,16,20H,3,6,11-12,14H2,1H3. The Balaban J connectivity index is 1.49. The van der Waals surface area contributed by atoms with E-state index in [0.717, 1.165) is 36.4 Å². The molecular weight excluding hydrogens is 376 g/mol. The molecule has 2 saturated heterocycles. The van der Waals surface area contributed by atoms with Crippen LogP contribution < -0.4 is 9.64 Å². The third-order valence-corrected chi connectivity index (χ3v) is 5.87. The first-order chi connectivity index (χ1) is 13.6. The first-order valence-corrected chi connectivity index (χ1v) is 9.95. The van der Waals surface area contributed by atoms with Crippen molar-refractivity contribution in [3.8, 4) is 5.75 Å². The van der Waals surface area contributed by atoms with Crippen LogP contribution in [-0.4, -0.2) is 36.9 Å². The summed E-state index contributed by atoms with van der Waals surface area (Å²) in [7, 11) is 1.64. The van der Waals surface area contributed by atoms with E-state index in [0.29, 0.717) is 11.6 Å². The Morgan fingerprint density at radius 1 is 1.18 bits per heavy atom. The third-order valence-electron chi connectivity index (χ3n) is 5.63. The van der Waals surface area contributed by atoms with Crippen molar-refractivity contribution < 1.29 is 14.3 Å². The molecule has 0 aliphatic carbocycles. The first kappa shape index (κ1) is 18.8. The van der Waals surface area contributed by atoms with Gasteiger partial charge in [-0.25, -0.2) is 0 Å². The maximum atomic E-state index is 13.2. The fourth-order valence-corrected chi connectivity index (χ4v) is 4.39. The number of carbonyl (C=O) groups is 2. The van der Waals surface area contributed by atoms with Crippen LogP contribution in [0.4, 0.5) is 5.69 Å². The van der Waals surface area contributed by atoms with Crippen molar-refractivity contribution in [2.24, 2.45) is 5.92 Å². The minimum atomic E-state index is -0.315. The Labute approximate surface area is 169 Å². The summed E-state index contributed by atoms with van der Waals surface area (Å²) in [6.45, 7) is 1.14. The second kappa shape index (κ2) is 7.84. The van der Waals surface area contributed by atoms with Crippen LogP contribution in [0.15, 0.2) is 48.5 Å². The number of anilines is 1. The molecule has 4 rings (SSSR count). The lowest BCUT2D eigenvalue weighted by Crippen LogP contribution is -2.37. The van der Waals surface area contributed by atoms with Crippen LogP contribution in [0.3, 0.4) is 0 Å². The molecule has 146 valence electrons. The van der Waals surface area contributed by atoms with Gasteiger partial charge >= 0.3 is 0 Å². The average Bonchev–Trinajstić information content (AvgIpc) is 3.34. The fourth-order valence-electron chi connectivity index (χ4n) is 4.20. The Kier molecular flexibility index (Phi) is 5.27. The van der Waals surface area contributed by atoms with Crippen LogP contribution in [0, 0.1) is 5.92 Å². The molecule has 0 spiro atoms. The molecular formula is C22H23ClN2O3. The number of ether oxygens (including phenoxy) is 1. The largest absolute Gasteiger partial charge is 0.497 e. The lowest BCUT2D eigenvalue weighted by Gasteiger charge is -2.28. The summed E-state index contributed by atoms with van der Waals surface area (Å²) >= 11 is 6.06. The van der Waals surface area contributed by atoms with Crippen LogP contribution >= 0.6 is 11.6 Å². The normalized spacial score (nSPS) is 22.0. The number of hydrogen-bond acceptors (Lipinski definition) is 3. The highest BCUT2D eigenvalue weighted by atomic mass is 35.5. The number of likely N-dealkylation sites (tertiary alicyclic amines) is 1. The fraction of sp³-hybridized carbons (Fsp3) is 0.364. The number of methoxy groups -OCH3 is 1. The zero-order valence-corrected chi connectivity index (χ0v) is 16.6. The van der Waals surface area contributed by atoms with E-state index in [1.807, 2.05) is 41.3 Å². The van der Waals surface area contributed by atoms with Gasteiger partial charge in [-0.15, -0.1) is 0 Å². The van der Waals surface area contributed by atoms with Gasteiger partial charge in [0.15, 0.2) is 0 Å². The van der Waals surface area contributed by atoms with Gasteiger partial charge in [-0.05, 0) is 48.7 Å². The molecule has 2 amide bonds. The molecule has 2 atom stereocenters. The number of nitrogens with zero attached hydrogens (tertiary/aromatic N) is 2. The van der Waals surface area contributed by atoms with Crippen LogP contribution in [-0.2, 0) is 9.59 Å². The molecule has 28 heavy (non-hydrogen) atoms. The van der Waals surface area contributed by atoms with Gasteiger partial charge in [0.25, 0.3) is 0 Å². The van der Waals surface area contributed by atoms with Gasteiger partial charge in [0, 0.05) is 30.2 Å². The minimum Gasteiger partial charge on any atom is -0.497 e. The SMILES string of the molecule is COc1ccc(C2CCCN2C(=O)C2CC(=O)N(c3cccc(Cl)c3)C2)cc1. The van der Waals surface area contributed by atoms with E-state index in [-0.39, 0.29) is 30.2 Å². The summed E-state index contributed by atoms with van der Waals surface area (Å²) in [5, 5.41) is 0.583. The summed E-state index contributed by atoms with van der Waals surface area (Å²) in [5.41, 5.74) is 1.86. The van der Waals surface area contributed by atoms with Crippen molar-refractivity contribution in [3.05, 3.63) is 59.1 Å². The summed E-state index contributed by atoms with van der Waals surface area (Å²) < 4.78 is 5.23. The maximum absolute atomic E-state index is 13.2. The number of amides is 2.